The highest BCUT2D eigenvalue weighted by atomic mass is 79.9. The van der Waals surface area contributed by atoms with Gasteiger partial charge in [-0.3, -0.25) is 4.79 Å². The van der Waals surface area contributed by atoms with Gasteiger partial charge in [-0.05, 0) is 65.3 Å². The van der Waals surface area contributed by atoms with E-state index in [0.717, 1.165) is 25.8 Å². The van der Waals surface area contributed by atoms with Crippen molar-refractivity contribution in [1.82, 2.24) is 19.8 Å². The molecule has 0 aliphatic heterocycles. The molecule has 2 aromatic carbocycles. The molecular formula is C18H14BrN5O2S. The summed E-state index contributed by atoms with van der Waals surface area (Å²) >= 11 is 4.86. The Bertz CT molecular complexity index is 1140. The number of aryl methyl sites for hydroxylation is 1. The van der Waals surface area contributed by atoms with Gasteiger partial charge in [0.05, 0.1) is 11.6 Å². The second-order valence-electron chi connectivity index (χ2n) is 5.73. The fourth-order valence-corrected chi connectivity index (χ4v) is 3.97. The predicted molar refractivity (Wildman–Crippen MR) is 107 cm³/mol. The van der Waals surface area contributed by atoms with Crippen LogP contribution in [0.3, 0.4) is 0 Å². The molecule has 9 heteroatoms. The molecule has 27 heavy (non-hydrogen) atoms. The van der Waals surface area contributed by atoms with Crippen LogP contribution in [0.1, 0.15) is 16.2 Å². The lowest BCUT2D eigenvalue weighted by Crippen LogP contribution is -2.11. The van der Waals surface area contributed by atoms with E-state index in [1.807, 2.05) is 31.2 Å². The first-order chi connectivity index (χ1) is 13.0. The van der Waals surface area contributed by atoms with Crippen LogP contribution in [0.2, 0.25) is 0 Å². The van der Waals surface area contributed by atoms with E-state index < -0.39 is 0 Å². The van der Waals surface area contributed by atoms with Crippen molar-refractivity contribution in [2.75, 3.05) is 12.4 Å². The summed E-state index contributed by atoms with van der Waals surface area (Å²) in [5, 5.41) is 16.3. The predicted octanol–water partition coefficient (Wildman–Crippen LogP) is 4.18. The monoisotopic (exact) mass is 443 g/mol. The van der Waals surface area contributed by atoms with Crippen molar-refractivity contribution < 1.29 is 9.53 Å². The number of hydrogen-bond donors (Lipinski definition) is 1. The molecule has 0 fully saturated rings. The zero-order valence-electron chi connectivity index (χ0n) is 14.4. The number of nitrogens with zero attached hydrogens (tertiary/aromatic N) is 4. The summed E-state index contributed by atoms with van der Waals surface area (Å²) < 4.78 is 7.63. The van der Waals surface area contributed by atoms with Gasteiger partial charge in [0.15, 0.2) is 5.82 Å². The van der Waals surface area contributed by atoms with Crippen molar-refractivity contribution in [3.05, 3.63) is 58.3 Å². The molecular weight excluding hydrogens is 430 g/mol. The highest BCUT2D eigenvalue weighted by molar-refractivity contribution is 9.10. The third kappa shape index (κ3) is 3.43. The van der Waals surface area contributed by atoms with Crippen molar-refractivity contribution in [2.24, 2.45) is 0 Å². The zero-order valence-corrected chi connectivity index (χ0v) is 16.8. The van der Waals surface area contributed by atoms with Crippen molar-refractivity contribution in [3.8, 4) is 16.3 Å². The molecule has 2 heterocycles. The number of anilines is 1. The van der Waals surface area contributed by atoms with Crippen molar-refractivity contribution in [2.45, 2.75) is 6.92 Å². The van der Waals surface area contributed by atoms with E-state index in [0.29, 0.717) is 17.0 Å². The Balaban J connectivity index is 1.51. The van der Waals surface area contributed by atoms with Crippen LogP contribution in [0.15, 0.2) is 46.9 Å². The van der Waals surface area contributed by atoms with Crippen molar-refractivity contribution in [1.29, 1.82) is 0 Å². The summed E-state index contributed by atoms with van der Waals surface area (Å²) in [5.74, 6) is 1.23. The van der Waals surface area contributed by atoms with E-state index in [-0.39, 0.29) is 5.91 Å². The van der Waals surface area contributed by atoms with Crippen LogP contribution in [0.25, 0.3) is 15.5 Å². The number of carbonyl (C=O) groups excluding carboxylic acids is 1. The summed E-state index contributed by atoms with van der Waals surface area (Å²) in [7, 11) is 1.58. The lowest BCUT2D eigenvalue weighted by atomic mass is 10.2. The maximum Gasteiger partial charge on any atom is 0.255 e. The molecule has 0 aliphatic rings. The van der Waals surface area contributed by atoms with Gasteiger partial charge in [0, 0.05) is 16.8 Å². The normalized spacial score (nSPS) is 10.9. The minimum absolute atomic E-state index is 0.194. The summed E-state index contributed by atoms with van der Waals surface area (Å²) in [4.78, 5) is 13.2. The van der Waals surface area contributed by atoms with E-state index in [1.165, 1.54) is 11.3 Å². The molecule has 0 bridgehead atoms. The Kier molecular flexibility index (Phi) is 4.63. The molecule has 0 unspecified atom stereocenters. The van der Waals surface area contributed by atoms with Gasteiger partial charge < -0.3 is 10.1 Å². The van der Waals surface area contributed by atoms with Gasteiger partial charge >= 0.3 is 0 Å². The maximum absolute atomic E-state index is 12.4. The maximum atomic E-state index is 12.4. The van der Waals surface area contributed by atoms with E-state index in [2.05, 4.69) is 36.5 Å². The summed E-state index contributed by atoms with van der Waals surface area (Å²) in [6.45, 7) is 1.86. The van der Waals surface area contributed by atoms with Crippen LogP contribution in [-0.2, 0) is 0 Å². The average Bonchev–Trinajstić information content (AvgIpc) is 3.24. The SMILES string of the molecule is COc1ccc(C(=O)Nc2ccc(-c3nn4c(C)nnc4s3)cc2)cc1Br. The highest BCUT2D eigenvalue weighted by Gasteiger charge is 2.12. The van der Waals surface area contributed by atoms with Crippen LogP contribution in [0, 0.1) is 6.92 Å². The second-order valence-corrected chi connectivity index (χ2v) is 7.54. The molecule has 0 radical (unpaired) electrons. The summed E-state index contributed by atoms with van der Waals surface area (Å²) in [6, 6.07) is 12.7. The Hall–Kier alpha value is -2.78. The number of hydrogen-bond acceptors (Lipinski definition) is 6. The van der Waals surface area contributed by atoms with Crippen LogP contribution in [-0.4, -0.2) is 32.8 Å². The van der Waals surface area contributed by atoms with Gasteiger partial charge in [-0.25, -0.2) is 0 Å². The molecule has 1 N–H and O–H groups in total. The van der Waals surface area contributed by atoms with Crippen LogP contribution in [0.4, 0.5) is 5.69 Å². The number of nitrogens with one attached hydrogen (secondary N) is 1. The lowest BCUT2D eigenvalue weighted by molar-refractivity contribution is 0.102. The number of aromatic nitrogens is 4. The quantitative estimate of drug-likeness (QED) is 0.511. The van der Waals surface area contributed by atoms with E-state index in [4.69, 9.17) is 4.74 Å². The van der Waals surface area contributed by atoms with E-state index in [1.54, 1.807) is 29.8 Å². The molecule has 2 aromatic heterocycles. The van der Waals surface area contributed by atoms with Gasteiger partial charge in [0.2, 0.25) is 4.96 Å². The Morgan fingerprint density at radius 3 is 2.63 bits per heavy atom. The number of amides is 1. The van der Waals surface area contributed by atoms with Crippen LogP contribution < -0.4 is 10.1 Å². The van der Waals surface area contributed by atoms with Gasteiger partial charge in [-0.2, -0.15) is 9.61 Å². The number of carbonyl (C=O) groups is 1. The molecule has 4 rings (SSSR count). The van der Waals surface area contributed by atoms with Gasteiger partial charge in [-0.15, -0.1) is 10.2 Å². The first-order valence-electron chi connectivity index (χ1n) is 7.99. The molecule has 0 saturated carbocycles. The van der Waals surface area contributed by atoms with Gasteiger partial charge in [-0.1, -0.05) is 11.3 Å². The Morgan fingerprint density at radius 1 is 1.19 bits per heavy atom. The zero-order chi connectivity index (χ0) is 19.0. The third-order valence-corrected chi connectivity index (χ3v) is 5.52. The number of halogens is 1. The molecule has 136 valence electrons. The first-order valence-corrected chi connectivity index (χ1v) is 9.60. The molecule has 1 amide bonds. The van der Waals surface area contributed by atoms with Crippen LogP contribution >= 0.6 is 27.3 Å². The first kappa shape index (κ1) is 17.6. The number of methoxy groups -OCH3 is 1. The van der Waals surface area contributed by atoms with Gasteiger partial charge in [0.25, 0.3) is 5.91 Å². The molecule has 0 aliphatic carbocycles. The van der Waals surface area contributed by atoms with Crippen molar-refractivity contribution in [3.63, 3.8) is 0 Å². The van der Waals surface area contributed by atoms with Crippen LogP contribution in [0.5, 0.6) is 5.75 Å². The summed E-state index contributed by atoms with van der Waals surface area (Å²) in [5.41, 5.74) is 2.20. The minimum Gasteiger partial charge on any atom is -0.496 e. The second kappa shape index (κ2) is 7.09. The summed E-state index contributed by atoms with van der Waals surface area (Å²) in [6.07, 6.45) is 0. The number of benzene rings is 2. The van der Waals surface area contributed by atoms with Crippen molar-refractivity contribution >= 4 is 43.8 Å². The molecule has 0 atom stereocenters. The smallest absolute Gasteiger partial charge is 0.255 e. The topological polar surface area (TPSA) is 81.4 Å². The molecule has 7 nitrogen and oxygen atoms in total. The highest BCUT2D eigenvalue weighted by Crippen LogP contribution is 2.28. The van der Waals surface area contributed by atoms with Gasteiger partial charge in [0.1, 0.15) is 10.8 Å². The molecule has 0 spiro atoms. The fraction of sp³-hybridized carbons (Fsp3) is 0.111. The number of fused-ring (bicyclic) bond motifs is 1. The molecule has 4 aromatic rings. The van der Waals surface area contributed by atoms with E-state index in [9.17, 15) is 4.79 Å². The minimum atomic E-state index is -0.194. The average molecular weight is 444 g/mol. The third-order valence-electron chi connectivity index (χ3n) is 3.95. The Labute approximate surface area is 167 Å². The largest absolute Gasteiger partial charge is 0.496 e. The number of ether oxygens (including phenoxy) is 1. The number of rotatable bonds is 4. The van der Waals surface area contributed by atoms with E-state index >= 15 is 0 Å². The standard InChI is InChI=1S/C18H14BrN5O2S/c1-10-21-22-18-24(10)23-17(27-18)11-3-6-13(7-4-11)20-16(25)12-5-8-15(26-2)14(19)9-12/h3-9H,1-2H3,(H,20,25). The fourth-order valence-electron chi connectivity index (χ4n) is 2.54. The molecule has 0 saturated heterocycles. The lowest BCUT2D eigenvalue weighted by Gasteiger charge is -2.08. The Morgan fingerprint density at radius 2 is 1.96 bits per heavy atom.